The first kappa shape index (κ1) is 20.4. The van der Waals surface area contributed by atoms with Crippen molar-refractivity contribution in [3.05, 3.63) is 65.2 Å². The van der Waals surface area contributed by atoms with Crippen LogP contribution in [-0.4, -0.2) is 12.9 Å². The summed E-state index contributed by atoms with van der Waals surface area (Å²) in [4.78, 5) is 0.880. The molecule has 2 aliphatic carbocycles. The van der Waals surface area contributed by atoms with Gasteiger partial charge in [-0.1, -0.05) is 12.1 Å². The van der Waals surface area contributed by atoms with Gasteiger partial charge < -0.3 is 4.74 Å². The lowest BCUT2D eigenvalue weighted by atomic mass is 9.64. The molecule has 0 amide bonds. The summed E-state index contributed by atoms with van der Waals surface area (Å²) in [7, 11) is 0. The van der Waals surface area contributed by atoms with Crippen molar-refractivity contribution in [2.24, 2.45) is 5.92 Å². The third-order valence-electron chi connectivity index (χ3n) is 6.45. The third kappa shape index (κ3) is 4.20. The van der Waals surface area contributed by atoms with Gasteiger partial charge in [-0.05, 0) is 92.2 Å². The average molecular weight is 414 g/mol. The Morgan fingerprint density at radius 2 is 1.69 bits per heavy atom. The Bertz CT molecular complexity index is 909. The first-order chi connectivity index (χ1) is 14.0. The Kier molecular flexibility index (Phi) is 5.68. The second kappa shape index (κ2) is 8.08. The molecule has 0 spiro atoms. The molecule has 29 heavy (non-hydrogen) atoms. The van der Waals surface area contributed by atoms with Gasteiger partial charge in [0.2, 0.25) is 0 Å². The van der Waals surface area contributed by atoms with E-state index in [2.05, 4.69) is 6.07 Å². The molecule has 4 rings (SSSR count). The average Bonchev–Trinajstić information content (AvgIpc) is 3.57. The van der Waals surface area contributed by atoms with Crippen LogP contribution in [0.25, 0.3) is 0 Å². The summed E-state index contributed by atoms with van der Waals surface area (Å²) in [5.41, 5.74) is 0.486. The van der Waals surface area contributed by atoms with Gasteiger partial charge in [-0.25, -0.2) is 8.78 Å². The van der Waals surface area contributed by atoms with Crippen molar-refractivity contribution in [2.45, 2.75) is 54.4 Å². The van der Waals surface area contributed by atoms with Crippen molar-refractivity contribution in [1.82, 2.24) is 0 Å². The second-order valence-electron chi connectivity index (χ2n) is 8.33. The van der Waals surface area contributed by atoms with Crippen molar-refractivity contribution < 1.29 is 13.5 Å². The first-order valence-electron chi connectivity index (χ1n) is 10.1. The number of hydrogen-bond acceptors (Lipinski definition) is 3. The summed E-state index contributed by atoms with van der Waals surface area (Å²) >= 11 is 1.52. The molecule has 2 aromatic carbocycles. The van der Waals surface area contributed by atoms with Crippen molar-refractivity contribution >= 4 is 11.8 Å². The molecule has 0 atom stereocenters. The zero-order valence-corrected chi connectivity index (χ0v) is 17.4. The zero-order valence-electron chi connectivity index (χ0n) is 16.6. The van der Waals surface area contributed by atoms with E-state index in [0.29, 0.717) is 38.2 Å². The van der Waals surface area contributed by atoms with E-state index in [4.69, 9.17) is 4.74 Å². The minimum atomic E-state index is -0.657. The molecular formula is C24H25F2NOS. The highest BCUT2D eigenvalue weighted by molar-refractivity contribution is 7.98. The van der Waals surface area contributed by atoms with Gasteiger partial charge in [0.15, 0.2) is 0 Å². The van der Waals surface area contributed by atoms with E-state index in [1.165, 1.54) is 36.7 Å². The number of nitriles is 1. The SMILES string of the molecule is CSc1cc(F)cc([C@]2(OCC3CC3)CC[C@](C#N)(c3ccc(F)cc3)CC2)c1. The van der Waals surface area contributed by atoms with E-state index in [9.17, 15) is 14.0 Å². The maximum absolute atomic E-state index is 14.3. The fraction of sp³-hybridized carbons (Fsp3) is 0.458. The summed E-state index contributed by atoms with van der Waals surface area (Å²) < 4.78 is 34.2. The smallest absolute Gasteiger partial charge is 0.124 e. The summed E-state index contributed by atoms with van der Waals surface area (Å²) in [6.45, 7) is 0.682. The van der Waals surface area contributed by atoms with E-state index in [1.54, 1.807) is 24.3 Å². The maximum Gasteiger partial charge on any atom is 0.124 e. The zero-order chi connectivity index (χ0) is 20.5. The molecule has 2 nitrogen and oxygen atoms in total. The van der Waals surface area contributed by atoms with Crippen molar-refractivity contribution in [3.63, 3.8) is 0 Å². The highest BCUT2D eigenvalue weighted by atomic mass is 32.2. The number of hydrogen-bond donors (Lipinski definition) is 0. The van der Waals surface area contributed by atoms with Gasteiger partial charge in [0.05, 0.1) is 23.7 Å². The van der Waals surface area contributed by atoms with E-state index >= 15 is 0 Å². The lowest BCUT2D eigenvalue weighted by molar-refractivity contribution is -0.0883. The number of thioether (sulfide) groups is 1. The van der Waals surface area contributed by atoms with Gasteiger partial charge >= 0.3 is 0 Å². The van der Waals surface area contributed by atoms with Crippen LogP contribution in [-0.2, 0) is 15.8 Å². The van der Waals surface area contributed by atoms with Crippen molar-refractivity contribution in [2.75, 3.05) is 12.9 Å². The molecule has 0 radical (unpaired) electrons. The van der Waals surface area contributed by atoms with E-state index in [1.807, 2.05) is 12.3 Å². The van der Waals surface area contributed by atoms with Gasteiger partial charge in [-0.3, -0.25) is 0 Å². The van der Waals surface area contributed by atoms with Gasteiger partial charge in [0, 0.05) is 4.90 Å². The monoisotopic (exact) mass is 413 g/mol. The lowest BCUT2D eigenvalue weighted by Gasteiger charge is -2.44. The summed E-state index contributed by atoms with van der Waals surface area (Å²) in [6, 6.07) is 13.9. The molecule has 5 heteroatoms. The Labute approximate surface area is 175 Å². The molecule has 152 valence electrons. The predicted molar refractivity (Wildman–Crippen MR) is 111 cm³/mol. The van der Waals surface area contributed by atoms with Crippen LogP contribution in [0.4, 0.5) is 8.78 Å². The normalized spacial score (nSPS) is 26.8. The number of ether oxygens (including phenoxy) is 1. The number of halogens is 2. The standard InChI is InChI=1S/C24H25F2NOS/c1-29-22-13-19(12-21(26)14-22)24(28-15-17-2-3-17)10-8-23(16-27,9-11-24)18-4-6-20(25)7-5-18/h4-7,12-14,17H,2-3,8-11,15H2,1H3/t23-,24-. The highest BCUT2D eigenvalue weighted by Crippen LogP contribution is 2.50. The maximum atomic E-state index is 14.3. The van der Waals surface area contributed by atoms with Crippen LogP contribution in [0.15, 0.2) is 47.4 Å². The molecule has 0 heterocycles. The molecule has 2 fully saturated rings. The second-order valence-corrected chi connectivity index (χ2v) is 9.21. The van der Waals surface area contributed by atoms with Crippen LogP contribution in [0.5, 0.6) is 0 Å². The minimum absolute atomic E-state index is 0.253. The Hall–Kier alpha value is -1.90. The lowest BCUT2D eigenvalue weighted by Crippen LogP contribution is -2.41. The Morgan fingerprint density at radius 1 is 1.00 bits per heavy atom. The summed E-state index contributed by atoms with van der Waals surface area (Å²) in [5, 5.41) is 10.0. The molecular weight excluding hydrogens is 388 g/mol. The molecule has 2 aromatic rings. The Morgan fingerprint density at radius 3 is 2.28 bits per heavy atom. The van der Waals surface area contributed by atoms with Crippen LogP contribution in [0.3, 0.4) is 0 Å². The molecule has 0 unspecified atom stereocenters. The number of rotatable bonds is 6. The van der Waals surface area contributed by atoms with Crippen LogP contribution in [0.2, 0.25) is 0 Å². The van der Waals surface area contributed by atoms with Gasteiger partial charge in [-0.2, -0.15) is 5.26 Å². The van der Waals surface area contributed by atoms with Gasteiger partial charge in [0.1, 0.15) is 11.6 Å². The van der Waals surface area contributed by atoms with Crippen LogP contribution >= 0.6 is 11.8 Å². The molecule has 0 bridgehead atoms. The fourth-order valence-electron chi connectivity index (χ4n) is 4.34. The predicted octanol–water partition coefficient (Wildman–Crippen LogP) is 6.34. The highest BCUT2D eigenvalue weighted by Gasteiger charge is 2.46. The van der Waals surface area contributed by atoms with Gasteiger partial charge in [0.25, 0.3) is 0 Å². The van der Waals surface area contributed by atoms with Crippen LogP contribution in [0, 0.1) is 28.9 Å². The minimum Gasteiger partial charge on any atom is -0.370 e. The fourth-order valence-corrected chi connectivity index (χ4v) is 4.81. The van der Waals surface area contributed by atoms with Crippen LogP contribution in [0.1, 0.15) is 49.7 Å². The summed E-state index contributed by atoms with van der Waals surface area (Å²) in [5.74, 6) is 0.0428. The topological polar surface area (TPSA) is 33.0 Å². The molecule has 2 saturated carbocycles. The quantitative estimate of drug-likeness (QED) is 0.518. The van der Waals surface area contributed by atoms with Crippen LogP contribution < -0.4 is 0 Å². The van der Waals surface area contributed by atoms with Crippen molar-refractivity contribution in [3.8, 4) is 6.07 Å². The molecule has 0 aliphatic heterocycles. The molecule has 0 aromatic heterocycles. The van der Waals surface area contributed by atoms with Crippen molar-refractivity contribution in [1.29, 1.82) is 5.26 Å². The number of benzene rings is 2. The van der Waals surface area contributed by atoms with Gasteiger partial charge in [-0.15, -0.1) is 11.8 Å². The molecule has 0 saturated heterocycles. The Balaban J connectivity index is 1.65. The first-order valence-corrected chi connectivity index (χ1v) is 11.4. The molecule has 0 N–H and O–H groups in total. The molecule has 2 aliphatic rings. The van der Waals surface area contributed by atoms with E-state index < -0.39 is 11.0 Å². The van der Waals surface area contributed by atoms with E-state index in [0.717, 1.165) is 16.0 Å². The third-order valence-corrected chi connectivity index (χ3v) is 7.15. The summed E-state index contributed by atoms with van der Waals surface area (Å²) in [6.07, 6.45) is 6.80. The largest absolute Gasteiger partial charge is 0.370 e. The number of nitrogens with zero attached hydrogens (tertiary/aromatic N) is 1. The van der Waals surface area contributed by atoms with E-state index in [-0.39, 0.29) is 11.6 Å².